The second-order valence-corrected chi connectivity index (χ2v) is 8.73. The van der Waals surface area contributed by atoms with Crippen LogP contribution in [0.4, 0.5) is 0 Å². The predicted molar refractivity (Wildman–Crippen MR) is 121 cm³/mol. The number of hydrogen-bond donors (Lipinski definition) is 0. The summed E-state index contributed by atoms with van der Waals surface area (Å²) in [7, 11) is 0. The highest BCUT2D eigenvalue weighted by Crippen LogP contribution is 2.28. The van der Waals surface area contributed by atoms with Crippen LogP contribution in [-0.2, 0) is 25.1 Å². The van der Waals surface area contributed by atoms with Gasteiger partial charge in [0, 0.05) is 29.7 Å². The Hall–Kier alpha value is -2.44. The first-order valence-electron chi connectivity index (χ1n) is 9.83. The molecule has 0 saturated carbocycles. The van der Waals surface area contributed by atoms with Gasteiger partial charge in [0.2, 0.25) is 0 Å². The van der Waals surface area contributed by atoms with E-state index in [9.17, 15) is 0 Å². The molecule has 2 aromatic heterocycles. The molecule has 4 nitrogen and oxygen atoms in total. The first-order valence-corrected chi connectivity index (χ1v) is 11.7. The number of aromatic nitrogens is 4. The van der Waals surface area contributed by atoms with E-state index in [1.165, 1.54) is 16.7 Å². The molecule has 0 bridgehead atoms. The van der Waals surface area contributed by atoms with Crippen molar-refractivity contribution in [1.82, 2.24) is 19.7 Å². The Labute approximate surface area is 180 Å². The van der Waals surface area contributed by atoms with E-state index in [0.717, 1.165) is 46.8 Å². The molecule has 0 spiro atoms. The van der Waals surface area contributed by atoms with Gasteiger partial charge in [-0.2, -0.15) is 0 Å². The van der Waals surface area contributed by atoms with Gasteiger partial charge >= 0.3 is 0 Å². The molecule has 29 heavy (non-hydrogen) atoms. The third-order valence-corrected chi connectivity index (χ3v) is 6.73. The van der Waals surface area contributed by atoms with E-state index in [2.05, 4.69) is 88.6 Å². The van der Waals surface area contributed by atoms with Gasteiger partial charge in [0.05, 0.1) is 5.69 Å². The maximum atomic E-state index is 4.80. The lowest BCUT2D eigenvalue weighted by molar-refractivity contribution is 0.637. The SMILES string of the molecule is CCn1c(CCc2ccccc2)nnc1SCc1csc(-c2ccc(C)cc2)n1. The summed E-state index contributed by atoms with van der Waals surface area (Å²) in [6.07, 6.45) is 1.88. The molecule has 2 aromatic carbocycles. The maximum Gasteiger partial charge on any atom is 0.191 e. The van der Waals surface area contributed by atoms with E-state index in [1.54, 1.807) is 23.1 Å². The van der Waals surface area contributed by atoms with Gasteiger partial charge in [-0.3, -0.25) is 0 Å². The van der Waals surface area contributed by atoms with Gasteiger partial charge in [-0.25, -0.2) is 4.98 Å². The van der Waals surface area contributed by atoms with Crippen LogP contribution >= 0.6 is 23.1 Å². The van der Waals surface area contributed by atoms with Crippen molar-refractivity contribution >= 4 is 23.1 Å². The van der Waals surface area contributed by atoms with E-state index < -0.39 is 0 Å². The van der Waals surface area contributed by atoms with Gasteiger partial charge < -0.3 is 4.57 Å². The molecular weight excluding hydrogens is 396 g/mol. The lowest BCUT2D eigenvalue weighted by atomic mass is 10.1. The molecule has 0 aliphatic rings. The topological polar surface area (TPSA) is 43.6 Å². The minimum absolute atomic E-state index is 0.805. The fourth-order valence-electron chi connectivity index (χ4n) is 3.17. The molecule has 6 heteroatoms. The molecule has 148 valence electrons. The number of aryl methyl sites for hydroxylation is 3. The quantitative estimate of drug-likeness (QED) is 0.338. The van der Waals surface area contributed by atoms with E-state index in [-0.39, 0.29) is 0 Å². The Bertz CT molecular complexity index is 1050. The summed E-state index contributed by atoms with van der Waals surface area (Å²) >= 11 is 3.41. The number of thioether (sulfide) groups is 1. The minimum atomic E-state index is 0.805. The Morgan fingerprint density at radius 2 is 1.76 bits per heavy atom. The highest BCUT2D eigenvalue weighted by molar-refractivity contribution is 7.98. The van der Waals surface area contributed by atoms with Crippen LogP contribution in [0.5, 0.6) is 0 Å². The van der Waals surface area contributed by atoms with Gasteiger partial charge in [-0.05, 0) is 25.8 Å². The van der Waals surface area contributed by atoms with Crippen molar-refractivity contribution in [3.05, 3.63) is 82.6 Å². The standard InChI is InChI=1S/C23H24N4S2/c1-3-27-21(14-11-18-7-5-4-6-8-18)25-26-23(27)29-16-20-15-28-22(24-20)19-12-9-17(2)10-13-19/h4-10,12-13,15H,3,11,14,16H2,1-2H3. The maximum absolute atomic E-state index is 4.80. The first kappa shape index (κ1) is 19.9. The molecule has 0 fully saturated rings. The summed E-state index contributed by atoms with van der Waals surface area (Å²) in [6.45, 7) is 5.13. The van der Waals surface area contributed by atoms with Crippen LogP contribution < -0.4 is 0 Å². The molecule has 0 aliphatic carbocycles. The lowest BCUT2D eigenvalue weighted by Gasteiger charge is -2.07. The van der Waals surface area contributed by atoms with Crippen LogP contribution in [0.1, 0.15) is 29.6 Å². The van der Waals surface area contributed by atoms with Crippen molar-refractivity contribution in [2.75, 3.05) is 0 Å². The minimum Gasteiger partial charge on any atom is -0.306 e. The molecule has 2 heterocycles. The van der Waals surface area contributed by atoms with Gasteiger partial charge in [0.15, 0.2) is 5.16 Å². The molecule has 0 radical (unpaired) electrons. The normalized spacial score (nSPS) is 11.1. The molecule has 0 atom stereocenters. The van der Waals surface area contributed by atoms with E-state index in [1.807, 2.05) is 0 Å². The van der Waals surface area contributed by atoms with Crippen LogP contribution in [0.3, 0.4) is 0 Å². The molecular formula is C23H24N4S2. The lowest BCUT2D eigenvalue weighted by Crippen LogP contribution is -2.05. The Kier molecular flexibility index (Phi) is 6.42. The molecule has 0 N–H and O–H groups in total. The van der Waals surface area contributed by atoms with E-state index in [0.29, 0.717) is 0 Å². The number of hydrogen-bond acceptors (Lipinski definition) is 5. The Morgan fingerprint density at radius 1 is 0.966 bits per heavy atom. The number of rotatable bonds is 8. The predicted octanol–water partition coefficient (Wildman–Crippen LogP) is 5.81. The van der Waals surface area contributed by atoms with Crippen LogP contribution in [0.2, 0.25) is 0 Å². The second-order valence-electron chi connectivity index (χ2n) is 6.93. The molecule has 4 rings (SSSR count). The zero-order chi connectivity index (χ0) is 20.1. The van der Waals surface area contributed by atoms with Gasteiger partial charge in [0.25, 0.3) is 0 Å². The number of thiazole rings is 1. The van der Waals surface area contributed by atoms with Crippen LogP contribution in [0.15, 0.2) is 65.1 Å². The number of nitrogens with zero attached hydrogens (tertiary/aromatic N) is 4. The van der Waals surface area contributed by atoms with Crippen molar-refractivity contribution < 1.29 is 0 Å². The fraction of sp³-hybridized carbons (Fsp3) is 0.261. The molecule has 0 saturated heterocycles. The summed E-state index contributed by atoms with van der Waals surface area (Å²) < 4.78 is 2.22. The molecule has 0 unspecified atom stereocenters. The highest BCUT2D eigenvalue weighted by Gasteiger charge is 2.13. The van der Waals surface area contributed by atoms with Crippen LogP contribution in [0, 0.1) is 6.92 Å². The smallest absolute Gasteiger partial charge is 0.191 e. The monoisotopic (exact) mass is 420 g/mol. The number of benzene rings is 2. The Morgan fingerprint density at radius 3 is 2.52 bits per heavy atom. The molecule has 0 amide bonds. The van der Waals surface area contributed by atoms with Crippen molar-refractivity contribution in [3.63, 3.8) is 0 Å². The summed E-state index contributed by atoms with van der Waals surface area (Å²) in [4.78, 5) is 4.80. The molecule has 4 aromatic rings. The van der Waals surface area contributed by atoms with E-state index in [4.69, 9.17) is 4.98 Å². The van der Waals surface area contributed by atoms with E-state index >= 15 is 0 Å². The average Bonchev–Trinajstić information content (AvgIpc) is 3.38. The highest BCUT2D eigenvalue weighted by atomic mass is 32.2. The zero-order valence-electron chi connectivity index (χ0n) is 16.7. The summed E-state index contributed by atoms with van der Waals surface area (Å²) in [5.74, 6) is 1.86. The van der Waals surface area contributed by atoms with Crippen molar-refractivity contribution in [2.45, 2.75) is 44.1 Å². The fourth-order valence-corrected chi connectivity index (χ4v) is 5.01. The van der Waals surface area contributed by atoms with Crippen molar-refractivity contribution in [3.8, 4) is 10.6 Å². The zero-order valence-corrected chi connectivity index (χ0v) is 18.3. The van der Waals surface area contributed by atoms with Crippen molar-refractivity contribution in [2.24, 2.45) is 0 Å². The third kappa shape index (κ3) is 4.95. The van der Waals surface area contributed by atoms with Crippen LogP contribution in [-0.4, -0.2) is 19.7 Å². The van der Waals surface area contributed by atoms with Gasteiger partial charge in [-0.15, -0.1) is 21.5 Å². The first-order chi connectivity index (χ1) is 14.2. The Balaban J connectivity index is 1.40. The third-order valence-electron chi connectivity index (χ3n) is 4.79. The average molecular weight is 421 g/mol. The second kappa shape index (κ2) is 9.37. The van der Waals surface area contributed by atoms with Gasteiger partial charge in [-0.1, -0.05) is 71.9 Å². The summed E-state index contributed by atoms with van der Waals surface area (Å²) in [5, 5.41) is 13.1. The van der Waals surface area contributed by atoms with Gasteiger partial charge in [0.1, 0.15) is 10.8 Å². The largest absolute Gasteiger partial charge is 0.306 e. The summed E-state index contributed by atoms with van der Waals surface area (Å²) in [5.41, 5.74) is 4.87. The molecule has 0 aliphatic heterocycles. The summed E-state index contributed by atoms with van der Waals surface area (Å²) in [6, 6.07) is 19.1. The van der Waals surface area contributed by atoms with Crippen molar-refractivity contribution in [1.29, 1.82) is 0 Å². The van der Waals surface area contributed by atoms with Crippen LogP contribution in [0.25, 0.3) is 10.6 Å².